The van der Waals surface area contributed by atoms with Gasteiger partial charge in [-0.1, -0.05) is 17.7 Å². The van der Waals surface area contributed by atoms with Crippen LogP contribution in [0.2, 0.25) is 0 Å². The Labute approximate surface area is 180 Å². The number of hydrogen-bond donors (Lipinski definition) is 0. The minimum Gasteiger partial charge on any atom is -0.497 e. The molecule has 2 aliphatic heterocycles. The van der Waals surface area contributed by atoms with Crippen LogP contribution in [0.5, 0.6) is 5.75 Å². The largest absolute Gasteiger partial charge is 0.497 e. The van der Waals surface area contributed by atoms with E-state index in [4.69, 9.17) is 4.74 Å². The molecule has 0 N–H and O–H groups in total. The maximum atomic E-state index is 13.2. The summed E-state index contributed by atoms with van der Waals surface area (Å²) < 4.78 is 6.93. The van der Waals surface area contributed by atoms with Crippen molar-refractivity contribution in [1.82, 2.24) is 19.7 Å². The van der Waals surface area contributed by atoms with Crippen LogP contribution in [-0.4, -0.2) is 45.8 Å². The second kappa shape index (κ2) is 7.34. The number of likely N-dealkylation sites (tertiary alicyclic amines) is 1. The SMILES string of the molecule is COc1ccc(-c2nnc3n(c2=O)CC[C@@]32CCN(C(=O)c3ccc(C)cc3)C2)cc1. The summed E-state index contributed by atoms with van der Waals surface area (Å²) in [6.07, 6.45) is 1.58. The van der Waals surface area contributed by atoms with E-state index < -0.39 is 0 Å². The van der Waals surface area contributed by atoms with E-state index >= 15 is 0 Å². The molecule has 158 valence electrons. The van der Waals surface area contributed by atoms with Crippen molar-refractivity contribution in [3.05, 3.63) is 75.8 Å². The molecule has 0 radical (unpaired) electrons. The van der Waals surface area contributed by atoms with Gasteiger partial charge < -0.3 is 9.64 Å². The molecular formula is C24H24N4O3. The van der Waals surface area contributed by atoms with Crippen molar-refractivity contribution in [2.24, 2.45) is 0 Å². The lowest BCUT2D eigenvalue weighted by Crippen LogP contribution is -2.35. The first-order valence-electron chi connectivity index (χ1n) is 10.5. The van der Waals surface area contributed by atoms with Crippen molar-refractivity contribution in [3.63, 3.8) is 0 Å². The molecule has 0 aliphatic carbocycles. The number of carbonyl (C=O) groups excluding carboxylic acids is 1. The van der Waals surface area contributed by atoms with Crippen LogP contribution < -0.4 is 10.3 Å². The number of amides is 1. The highest BCUT2D eigenvalue weighted by atomic mass is 16.5. The zero-order valence-electron chi connectivity index (χ0n) is 17.7. The van der Waals surface area contributed by atoms with E-state index in [9.17, 15) is 9.59 Å². The summed E-state index contributed by atoms with van der Waals surface area (Å²) in [6.45, 7) is 3.82. The van der Waals surface area contributed by atoms with Gasteiger partial charge in [0.25, 0.3) is 11.5 Å². The van der Waals surface area contributed by atoms with Crippen LogP contribution in [0, 0.1) is 6.92 Å². The number of hydrogen-bond acceptors (Lipinski definition) is 5. The number of benzene rings is 2. The van der Waals surface area contributed by atoms with Gasteiger partial charge in [-0.2, -0.15) is 0 Å². The van der Waals surface area contributed by atoms with Crippen LogP contribution in [0.25, 0.3) is 11.3 Å². The topological polar surface area (TPSA) is 77.3 Å². The van der Waals surface area contributed by atoms with Gasteiger partial charge in [0.1, 0.15) is 11.6 Å². The first kappa shape index (κ1) is 19.5. The van der Waals surface area contributed by atoms with Crippen molar-refractivity contribution in [1.29, 1.82) is 0 Å². The van der Waals surface area contributed by atoms with Gasteiger partial charge in [-0.3, -0.25) is 14.2 Å². The van der Waals surface area contributed by atoms with E-state index in [0.717, 1.165) is 29.7 Å². The van der Waals surface area contributed by atoms with Crippen molar-refractivity contribution in [2.75, 3.05) is 20.2 Å². The van der Waals surface area contributed by atoms with Gasteiger partial charge in [0.05, 0.1) is 12.5 Å². The number of nitrogens with zero attached hydrogens (tertiary/aromatic N) is 4. The van der Waals surface area contributed by atoms with Crippen molar-refractivity contribution in [3.8, 4) is 17.0 Å². The van der Waals surface area contributed by atoms with E-state index in [0.29, 0.717) is 36.7 Å². The highest BCUT2D eigenvalue weighted by Gasteiger charge is 2.48. The lowest BCUT2D eigenvalue weighted by molar-refractivity contribution is 0.0783. The van der Waals surface area contributed by atoms with Gasteiger partial charge in [0.15, 0.2) is 5.69 Å². The normalized spacial score (nSPS) is 19.6. The first-order valence-corrected chi connectivity index (χ1v) is 10.5. The summed E-state index contributed by atoms with van der Waals surface area (Å²) in [4.78, 5) is 28.0. The van der Waals surface area contributed by atoms with Crippen LogP contribution in [-0.2, 0) is 12.0 Å². The molecule has 1 fully saturated rings. The van der Waals surface area contributed by atoms with E-state index in [1.807, 2.05) is 48.2 Å². The molecule has 7 nitrogen and oxygen atoms in total. The Morgan fingerprint density at radius 3 is 2.42 bits per heavy atom. The average molecular weight is 416 g/mol. The molecule has 0 unspecified atom stereocenters. The number of aromatic nitrogens is 3. The minimum atomic E-state index is -0.301. The molecule has 2 aromatic carbocycles. The summed E-state index contributed by atoms with van der Waals surface area (Å²) in [5.74, 6) is 1.45. The van der Waals surface area contributed by atoms with Crippen LogP contribution in [0.1, 0.15) is 34.6 Å². The lowest BCUT2D eigenvalue weighted by atomic mass is 9.85. The number of fused-ring (bicyclic) bond motifs is 2. The Morgan fingerprint density at radius 2 is 1.71 bits per heavy atom. The molecule has 1 aromatic heterocycles. The zero-order chi connectivity index (χ0) is 21.6. The summed E-state index contributed by atoms with van der Waals surface area (Å²) in [7, 11) is 1.60. The van der Waals surface area contributed by atoms with Gasteiger partial charge in [-0.05, 0) is 56.2 Å². The zero-order valence-corrected chi connectivity index (χ0v) is 17.7. The summed E-state index contributed by atoms with van der Waals surface area (Å²) in [5, 5.41) is 8.80. The molecule has 5 rings (SSSR count). The lowest BCUT2D eigenvalue weighted by Gasteiger charge is -2.23. The van der Waals surface area contributed by atoms with Crippen LogP contribution in [0.4, 0.5) is 0 Å². The molecule has 0 bridgehead atoms. The third-order valence-electron chi connectivity index (χ3n) is 6.54. The van der Waals surface area contributed by atoms with Crippen molar-refractivity contribution in [2.45, 2.75) is 31.7 Å². The fraction of sp³-hybridized carbons (Fsp3) is 0.333. The fourth-order valence-electron chi connectivity index (χ4n) is 4.70. The third kappa shape index (κ3) is 3.21. The maximum absolute atomic E-state index is 13.2. The molecule has 31 heavy (non-hydrogen) atoms. The van der Waals surface area contributed by atoms with E-state index in [2.05, 4.69) is 10.2 Å². The number of ether oxygens (including phenoxy) is 1. The Bertz CT molecular complexity index is 1200. The standard InChI is InChI=1S/C24H24N4O3/c1-16-3-5-18(6-4-16)21(29)27-13-11-24(15-27)12-14-28-22(30)20(25-26-23(24)28)17-7-9-19(31-2)10-8-17/h3-10H,11-15H2,1-2H3/t24-/m1/s1. The van der Waals surface area contributed by atoms with Gasteiger partial charge in [-0.15, -0.1) is 10.2 Å². The molecule has 1 spiro atoms. The van der Waals surface area contributed by atoms with Crippen molar-refractivity contribution < 1.29 is 9.53 Å². The summed E-state index contributed by atoms with van der Waals surface area (Å²) in [5.41, 5.74) is 2.45. The first-order chi connectivity index (χ1) is 15.0. The number of rotatable bonds is 3. The molecule has 1 atom stereocenters. The van der Waals surface area contributed by atoms with Crippen LogP contribution in [0.3, 0.4) is 0 Å². The smallest absolute Gasteiger partial charge is 0.280 e. The molecule has 0 saturated carbocycles. The van der Waals surface area contributed by atoms with Gasteiger partial charge >= 0.3 is 0 Å². The number of carbonyl (C=O) groups is 1. The highest BCUT2D eigenvalue weighted by molar-refractivity contribution is 5.94. The van der Waals surface area contributed by atoms with Gasteiger partial charge in [0, 0.05) is 30.8 Å². The third-order valence-corrected chi connectivity index (χ3v) is 6.54. The number of aryl methyl sites for hydroxylation is 1. The van der Waals surface area contributed by atoms with E-state index in [1.54, 1.807) is 23.8 Å². The number of methoxy groups -OCH3 is 1. The summed E-state index contributed by atoms with van der Waals surface area (Å²) >= 11 is 0. The molecule has 1 amide bonds. The Kier molecular flexibility index (Phi) is 4.61. The van der Waals surface area contributed by atoms with Crippen LogP contribution in [0.15, 0.2) is 53.3 Å². The predicted octanol–water partition coefficient (Wildman–Crippen LogP) is 2.81. The van der Waals surface area contributed by atoms with Gasteiger partial charge in [0.2, 0.25) is 0 Å². The molecular weight excluding hydrogens is 392 g/mol. The van der Waals surface area contributed by atoms with Gasteiger partial charge in [-0.25, -0.2) is 0 Å². The molecule has 7 heteroatoms. The van der Waals surface area contributed by atoms with Crippen molar-refractivity contribution >= 4 is 5.91 Å². The van der Waals surface area contributed by atoms with E-state index in [1.165, 1.54) is 0 Å². The predicted molar refractivity (Wildman–Crippen MR) is 116 cm³/mol. The monoisotopic (exact) mass is 416 g/mol. The summed E-state index contributed by atoms with van der Waals surface area (Å²) in [6, 6.07) is 14.9. The Morgan fingerprint density at radius 1 is 1.00 bits per heavy atom. The molecule has 3 heterocycles. The highest BCUT2D eigenvalue weighted by Crippen LogP contribution is 2.41. The molecule has 1 saturated heterocycles. The maximum Gasteiger partial charge on any atom is 0.280 e. The second-order valence-corrected chi connectivity index (χ2v) is 8.43. The minimum absolute atomic E-state index is 0.0282. The Balaban J connectivity index is 1.43. The molecule has 2 aliphatic rings. The quantitative estimate of drug-likeness (QED) is 0.656. The molecule has 3 aromatic rings. The van der Waals surface area contributed by atoms with Crippen LogP contribution >= 0.6 is 0 Å². The second-order valence-electron chi connectivity index (χ2n) is 8.43. The Hall–Kier alpha value is -3.48. The average Bonchev–Trinajstić information content (AvgIpc) is 3.39. The van der Waals surface area contributed by atoms with E-state index in [-0.39, 0.29) is 16.9 Å². The fourth-order valence-corrected chi connectivity index (χ4v) is 4.70.